The van der Waals surface area contributed by atoms with E-state index >= 15 is 0 Å². The van der Waals surface area contributed by atoms with Crippen LogP contribution in [0.15, 0.2) is 0 Å². The molecule has 0 aromatic heterocycles. The van der Waals surface area contributed by atoms with Gasteiger partial charge in [0.2, 0.25) is 0 Å². The van der Waals surface area contributed by atoms with Crippen LogP contribution in [0.4, 0.5) is 0 Å². The minimum absolute atomic E-state index is 0. The second-order valence-corrected chi connectivity index (χ2v) is 1.80. The van der Waals surface area contributed by atoms with Crippen molar-refractivity contribution in [1.29, 1.82) is 0 Å². The predicted octanol–water partition coefficient (Wildman–Crippen LogP) is 0.354. The van der Waals surface area contributed by atoms with E-state index in [0.717, 1.165) is 6.54 Å². The van der Waals surface area contributed by atoms with E-state index in [1.54, 1.807) is 0 Å². The Bertz CT molecular complexity index is 104. The maximum Gasteiger partial charge on any atom is 0.0597 e. The van der Waals surface area contributed by atoms with Crippen molar-refractivity contribution >= 4 is 24.8 Å². The lowest BCUT2D eigenvalue weighted by Gasteiger charge is -2.00. The molecule has 2 N–H and O–H groups in total. The summed E-state index contributed by atoms with van der Waals surface area (Å²) in [6.45, 7) is 1.27. The molecule has 0 aliphatic rings. The molecular weight excluding hydrogens is 171 g/mol. The molecule has 0 aliphatic heterocycles. The van der Waals surface area contributed by atoms with Gasteiger partial charge in [0.15, 0.2) is 0 Å². The molecule has 10 heavy (non-hydrogen) atoms. The maximum atomic E-state index is 5.12. The van der Waals surface area contributed by atoms with Gasteiger partial charge in [0.05, 0.1) is 13.1 Å². The van der Waals surface area contributed by atoms with E-state index in [9.17, 15) is 0 Å². The SMILES string of the molecule is CN(C)CC#CCN.Cl.Cl. The van der Waals surface area contributed by atoms with Crippen LogP contribution in [0, 0.1) is 11.8 Å². The normalized spacial score (nSPS) is 6.80. The summed E-state index contributed by atoms with van der Waals surface area (Å²) in [5.41, 5.74) is 5.12. The van der Waals surface area contributed by atoms with Crippen LogP contribution in [0.1, 0.15) is 0 Å². The van der Waals surface area contributed by atoms with Gasteiger partial charge in [-0.1, -0.05) is 11.8 Å². The highest BCUT2D eigenvalue weighted by molar-refractivity contribution is 5.85. The topological polar surface area (TPSA) is 29.3 Å². The number of hydrogen-bond donors (Lipinski definition) is 1. The lowest BCUT2D eigenvalue weighted by molar-refractivity contribution is 0.464. The molecule has 0 unspecified atom stereocenters. The van der Waals surface area contributed by atoms with Gasteiger partial charge in [-0.15, -0.1) is 24.8 Å². The van der Waals surface area contributed by atoms with E-state index in [2.05, 4.69) is 11.8 Å². The first-order valence-electron chi connectivity index (χ1n) is 2.58. The average molecular weight is 185 g/mol. The van der Waals surface area contributed by atoms with E-state index < -0.39 is 0 Å². The molecule has 0 amide bonds. The van der Waals surface area contributed by atoms with Gasteiger partial charge in [0.1, 0.15) is 0 Å². The smallest absolute Gasteiger partial charge is 0.0597 e. The summed E-state index contributed by atoms with van der Waals surface area (Å²) in [7, 11) is 3.95. The van der Waals surface area contributed by atoms with Crippen molar-refractivity contribution in [2.45, 2.75) is 0 Å². The summed E-state index contributed by atoms with van der Waals surface area (Å²) in [4.78, 5) is 2.00. The zero-order chi connectivity index (χ0) is 6.41. The van der Waals surface area contributed by atoms with E-state index in [0.29, 0.717) is 6.54 Å². The van der Waals surface area contributed by atoms with Crippen LogP contribution in [0.3, 0.4) is 0 Å². The first kappa shape index (κ1) is 16.6. The third-order valence-corrected chi connectivity index (χ3v) is 0.622. The third-order valence-electron chi connectivity index (χ3n) is 0.622. The van der Waals surface area contributed by atoms with Crippen molar-refractivity contribution in [3.8, 4) is 11.8 Å². The van der Waals surface area contributed by atoms with Gasteiger partial charge in [-0.3, -0.25) is 4.90 Å². The Kier molecular flexibility index (Phi) is 19.6. The van der Waals surface area contributed by atoms with Crippen LogP contribution in [0.25, 0.3) is 0 Å². The molecule has 0 aliphatic carbocycles. The molecular formula is C6H14Cl2N2. The molecule has 0 fully saturated rings. The number of rotatable bonds is 1. The van der Waals surface area contributed by atoms with Crippen LogP contribution < -0.4 is 5.73 Å². The highest BCUT2D eigenvalue weighted by atomic mass is 35.5. The number of nitrogens with two attached hydrogens (primary N) is 1. The number of hydrogen-bond acceptors (Lipinski definition) is 2. The lowest BCUT2D eigenvalue weighted by Crippen LogP contribution is -2.11. The monoisotopic (exact) mass is 184 g/mol. The van der Waals surface area contributed by atoms with Crippen LogP contribution in [0.5, 0.6) is 0 Å². The van der Waals surface area contributed by atoms with E-state index in [-0.39, 0.29) is 24.8 Å². The predicted molar refractivity (Wildman–Crippen MR) is 49.9 cm³/mol. The van der Waals surface area contributed by atoms with Crippen molar-refractivity contribution in [2.75, 3.05) is 27.2 Å². The first-order valence-corrected chi connectivity index (χ1v) is 2.58. The van der Waals surface area contributed by atoms with E-state index in [1.165, 1.54) is 0 Å². The minimum atomic E-state index is 0. The van der Waals surface area contributed by atoms with Crippen LogP contribution in [-0.2, 0) is 0 Å². The average Bonchev–Trinajstić information content (AvgIpc) is 1.66. The number of nitrogens with zero attached hydrogens (tertiary/aromatic N) is 1. The number of halogens is 2. The molecule has 0 radical (unpaired) electrons. The molecule has 0 saturated heterocycles. The Labute approximate surface area is 75.0 Å². The van der Waals surface area contributed by atoms with Gasteiger partial charge >= 0.3 is 0 Å². The molecule has 0 spiro atoms. The van der Waals surface area contributed by atoms with Crippen molar-refractivity contribution < 1.29 is 0 Å². The van der Waals surface area contributed by atoms with Crippen LogP contribution in [-0.4, -0.2) is 32.1 Å². The fraction of sp³-hybridized carbons (Fsp3) is 0.667. The quantitative estimate of drug-likeness (QED) is 0.597. The van der Waals surface area contributed by atoms with Gasteiger partial charge in [-0.05, 0) is 14.1 Å². The molecule has 0 rings (SSSR count). The summed E-state index contributed by atoms with van der Waals surface area (Å²) in [6.07, 6.45) is 0. The van der Waals surface area contributed by atoms with Crippen LogP contribution >= 0.6 is 24.8 Å². The molecule has 0 saturated carbocycles. The van der Waals surface area contributed by atoms with Gasteiger partial charge in [-0.25, -0.2) is 0 Å². The van der Waals surface area contributed by atoms with E-state index in [4.69, 9.17) is 5.73 Å². The molecule has 0 atom stereocenters. The van der Waals surface area contributed by atoms with Gasteiger partial charge in [0.25, 0.3) is 0 Å². The Hall–Kier alpha value is 0.0600. The molecule has 4 heteroatoms. The summed E-state index contributed by atoms with van der Waals surface area (Å²) in [5.74, 6) is 5.65. The fourth-order valence-corrected chi connectivity index (χ4v) is 0.286. The first-order chi connectivity index (χ1) is 3.77. The summed E-state index contributed by atoms with van der Waals surface area (Å²) in [5, 5.41) is 0. The maximum absolute atomic E-state index is 5.12. The standard InChI is InChI=1S/C6H12N2.2ClH/c1-8(2)6-4-3-5-7;;/h5-7H2,1-2H3;2*1H. The molecule has 0 aromatic rings. The molecule has 0 aromatic carbocycles. The zero-order valence-electron chi connectivity index (χ0n) is 6.26. The molecule has 2 nitrogen and oxygen atoms in total. The van der Waals surface area contributed by atoms with E-state index in [1.807, 2.05) is 19.0 Å². The van der Waals surface area contributed by atoms with Gasteiger partial charge in [-0.2, -0.15) is 0 Å². The van der Waals surface area contributed by atoms with Crippen molar-refractivity contribution in [3.63, 3.8) is 0 Å². The van der Waals surface area contributed by atoms with Gasteiger partial charge < -0.3 is 5.73 Å². The van der Waals surface area contributed by atoms with Crippen molar-refractivity contribution in [3.05, 3.63) is 0 Å². The van der Waals surface area contributed by atoms with Crippen molar-refractivity contribution in [1.82, 2.24) is 4.90 Å². The molecule has 0 bridgehead atoms. The van der Waals surface area contributed by atoms with Gasteiger partial charge in [0, 0.05) is 0 Å². The lowest BCUT2D eigenvalue weighted by atomic mass is 10.5. The fourth-order valence-electron chi connectivity index (χ4n) is 0.286. The molecule has 0 heterocycles. The second kappa shape index (κ2) is 11.8. The largest absolute Gasteiger partial charge is 0.320 e. The highest BCUT2D eigenvalue weighted by Gasteiger charge is 1.77. The third kappa shape index (κ3) is 15.7. The summed E-state index contributed by atoms with van der Waals surface area (Å²) < 4.78 is 0. The molecule has 62 valence electrons. The zero-order valence-corrected chi connectivity index (χ0v) is 7.89. The second-order valence-electron chi connectivity index (χ2n) is 1.80. The Morgan fingerprint density at radius 1 is 1.20 bits per heavy atom. The summed E-state index contributed by atoms with van der Waals surface area (Å²) in [6, 6.07) is 0. The Morgan fingerprint density at radius 2 is 1.70 bits per heavy atom. The minimum Gasteiger partial charge on any atom is -0.320 e. The summed E-state index contributed by atoms with van der Waals surface area (Å²) >= 11 is 0. The Morgan fingerprint density at radius 3 is 2.00 bits per heavy atom. The Balaban J connectivity index is -0.000000245. The van der Waals surface area contributed by atoms with Crippen molar-refractivity contribution in [2.24, 2.45) is 5.73 Å². The van der Waals surface area contributed by atoms with Crippen LogP contribution in [0.2, 0.25) is 0 Å². The highest BCUT2D eigenvalue weighted by Crippen LogP contribution is 1.66.